The summed E-state index contributed by atoms with van der Waals surface area (Å²) in [6, 6.07) is 5.82. The van der Waals surface area contributed by atoms with Gasteiger partial charge >= 0.3 is 0 Å². The van der Waals surface area contributed by atoms with Crippen LogP contribution in [0.3, 0.4) is 0 Å². The fourth-order valence-corrected chi connectivity index (χ4v) is 3.21. The summed E-state index contributed by atoms with van der Waals surface area (Å²) in [5, 5.41) is 2.08. The Morgan fingerprint density at radius 1 is 1.60 bits per heavy atom. The number of hydrogen-bond acceptors (Lipinski definition) is 5. The molecular formula is C14H17N3O2S. The molecule has 0 amide bonds. The first-order chi connectivity index (χ1) is 9.72. The van der Waals surface area contributed by atoms with Gasteiger partial charge in [-0.15, -0.1) is 11.3 Å². The number of thiophene rings is 1. The quantitative estimate of drug-likeness (QED) is 0.935. The average Bonchev–Trinajstić information content (AvgIpc) is 2.91. The minimum atomic E-state index is -0.103. The summed E-state index contributed by atoms with van der Waals surface area (Å²) in [5.74, 6) is 0.647. The molecule has 0 saturated carbocycles. The van der Waals surface area contributed by atoms with Crippen LogP contribution in [0.25, 0.3) is 0 Å². The van der Waals surface area contributed by atoms with E-state index in [-0.39, 0.29) is 11.6 Å². The van der Waals surface area contributed by atoms with E-state index in [0.29, 0.717) is 12.4 Å². The minimum Gasteiger partial charge on any atom is -0.378 e. The molecule has 1 fully saturated rings. The lowest BCUT2D eigenvalue weighted by Gasteiger charge is -2.34. The first-order valence-corrected chi connectivity index (χ1v) is 7.52. The van der Waals surface area contributed by atoms with Crippen LogP contribution in [0.15, 0.2) is 28.4 Å². The van der Waals surface area contributed by atoms with Crippen molar-refractivity contribution in [3.63, 3.8) is 0 Å². The van der Waals surface area contributed by atoms with E-state index in [1.165, 1.54) is 4.88 Å². The van der Waals surface area contributed by atoms with Crippen LogP contribution in [-0.4, -0.2) is 34.6 Å². The molecule has 3 rings (SSSR count). The van der Waals surface area contributed by atoms with Gasteiger partial charge in [0.15, 0.2) is 0 Å². The Morgan fingerprint density at radius 3 is 3.25 bits per heavy atom. The Bertz CT molecular complexity index is 624. The monoisotopic (exact) mass is 291 g/mol. The third-order valence-electron chi connectivity index (χ3n) is 3.40. The summed E-state index contributed by atoms with van der Waals surface area (Å²) < 4.78 is 5.58. The van der Waals surface area contributed by atoms with Gasteiger partial charge in [0.25, 0.3) is 5.56 Å². The molecule has 1 saturated heterocycles. The second-order valence-corrected chi connectivity index (χ2v) is 5.93. The first kappa shape index (κ1) is 13.5. The first-order valence-electron chi connectivity index (χ1n) is 6.64. The standard InChI is InChI=1S/C14H17N3O2S/c1-10-15-12(7-14(18)16-10)13-9-19-5-4-17(13)8-11-3-2-6-20-11/h2-3,6-7,13H,4-5,8-9H2,1H3,(H,15,16,18)/t13-/m0/s1. The van der Waals surface area contributed by atoms with Gasteiger partial charge < -0.3 is 9.72 Å². The lowest BCUT2D eigenvalue weighted by molar-refractivity contribution is -0.0139. The van der Waals surface area contributed by atoms with Crippen molar-refractivity contribution in [2.45, 2.75) is 19.5 Å². The molecule has 1 aliphatic heterocycles. The molecule has 0 bridgehead atoms. The van der Waals surface area contributed by atoms with Crippen molar-refractivity contribution in [2.75, 3.05) is 19.8 Å². The lowest BCUT2D eigenvalue weighted by Crippen LogP contribution is -2.39. The number of ether oxygens (including phenoxy) is 1. The van der Waals surface area contributed by atoms with Crippen LogP contribution >= 0.6 is 11.3 Å². The molecule has 2 aromatic rings. The van der Waals surface area contributed by atoms with Crippen molar-refractivity contribution in [3.8, 4) is 0 Å². The number of rotatable bonds is 3. The van der Waals surface area contributed by atoms with E-state index in [4.69, 9.17) is 4.74 Å². The predicted molar refractivity (Wildman–Crippen MR) is 77.9 cm³/mol. The highest BCUT2D eigenvalue weighted by atomic mass is 32.1. The Kier molecular flexibility index (Phi) is 3.95. The largest absolute Gasteiger partial charge is 0.378 e. The van der Waals surface area contributed by atoms with Crippen LogP contribution in [0.4, 0.5) is 0 Å². The number of aromatic nitrogens is 2. The maximum absolute atomic E-state index is 11.6. The van der Waals surface area contributed by atoms with E-state index in [9.17, 15) is 4.79 Å². The zero-order valence-electron chi connectivity index (χ0n) is 11.3. The highest BCUT2D eigenvalue weighted by Gasteiger charge is 2.26. The molecule has 0 aromatic carbocycles. The molecule has 20 heavy (non-hydrogen) atoms. The zero-order valence-corrected chi connectivity index (χ0v) is 12.2. The highest BCUT2D eigenvalue weighted by molar-refractivity contribution is 7.09. The van der Waals surface area contributed by atoms with Gasteiger partial charge in [-0.25, -0.2) is 4.98 Å². The van der Waals surface area contributed by atoms with Crippen molar-refractivity contribution >= 4 is 11.3 Å². The Morgan fingerprint density at radius 2 is 2.50 bits per heavy atom. The third kappa shape index (κ3) is 2.98. The van der Waals surface area contributed by atoms with Gasteiger partial charge in [0.2, 0.25) is 0 Å². The van der Waals surface area contributed by atoms with Crippen LogP contribution in [-0.2, 0) is 11.3 Å². The number of hydrogen-bond donors (Lipinski definition) is 1. The third-order valence-corrected chi connectivity index (χ3v) is 4.26. The number of morpholine rings is 1. The molecule has 1 aliphatic rings. The summed E-state index contributed by atoms with van der Waals surface area (Å²) in [7, 11) is 0. The van der Waals surface area contributed by atoms with Gasteiger partial charge in [0, 0.05) is 24.0 Å². The molecule has 3 heterocycles. The molecular weight excluding hydrogens is 274 g/mol. The molecule has 106 valence electrons. The van der Waals surface area contributed by atoms with Gasteiger partial charge in [0.05, 0.1) is 24.9 Å². The van der Waals surface area contributed by atoms with Crippen molar-refractivity contribution < 1.29 is 4.74 Å². The van der Waals surface area contributed by atoms with Crippen LogP contribution in [0.2, 0.25) is 0 Å². The van der Waals surface area contributed by atoms with Crippen molar-refractivity contribution in [2.24, 2.45) is 0 Å². The van der Waals surface area contributed by atoms with E-state index in [1.807, 2.05) is 0 Å². The number of aromatic amines is 1. The second kappa shape index (κ2) is 5.87. The zero-order chi connectivity index (χ0) is 13.9. The fraction of sp³-hybridized carbons (Fsp3) is 0.429. The van der Waals surface area contributed by atoms with Gasteiger partial charge in [0.1, 0.15) is 5.82 Å². The average molecular weight is 291 g/mol. The molecule has 0 aliphatic carbocycles. The number of nitrogens with one attached hydrogen (secondary N) is 1. The second-order valence-electron chi connectivity index (χ2n) is 4.90. The maximum atomic E-state index is 11.6. The molecule has 0 spiro atoms. The molecule has 6 heteroatoms. The molecule has 1 N–H and O–H groups in total. The van der Waals surface area contributed by atoms with Crippen LogP contribution in [0.5, 0.6) is 0 Å². The minimum absolute atomic E-state index is 0.0480. The van der Waals surface area contributed by atoms with E-state index in [2.05, 4.69) is 32.4 Å². The smallest absolute Gasteiger partial charge is 0.251 e. The van der Waals surface area contributed by atoms with Crippen molar-refractivity contribution in [1.29, 1.82) is 0 Å². The molecule has 5 nitrogen and oxygen atoms in total. The molecule has 2 aromatic heterocycles. The van der Waals surface area contributed by atoms with Gasteiger partial charge in [-0.1, -0.05) is 6.07 Å². The van der Waals surface area contributed by atoms with Crippen LogP contribution in [0, 0.1) is 6.92 Å². The molecule has 1 atom stereocenters. The lowest BCUT2D eigenvalue weighted by atomic mass is 10.1. The van der Waals surface area contributed by atoms with E-state index in [0.717, 1.165) is 25.4 Å². The van der Waals surface area contributed by atoms with Crippen LogP contribution < -0.4 is 5.56 Å². The SMILES string of the molecule is Cc1nc([C@@H]2COCCN2Cc2cccs2)cc(=O)[nH]1. The Labute approximate surface area is 121 Å². The summed E-state index contributed by atoms with van der Waals surface area (Å²) in [6.07, 6.45) is 0. The summed E-state index contributed by atoms with van der Waals surface area (Å²) in [4.78, 5) is 22.4. The number of nitrogens with zero attached hydrogens (tertiary/aromatic N) is 2. The van der Waals surface area contributed by atoms with Gasteiger partial charge in [-0.2, -0.15) is 0 Å². The van der Waals surface area contributed by atoms with Crippen LogP contribution in [0.1, 0.15) is 22.4 Å². The predicted octanol–water partition coefficient (Wildman–Crippen LogP) is 1.71. The Hall–Kier alpha value is -1.50. The molecule has 0 unspecified atom stereocenters. The van der Waals surface area contributed by atoms with Gasteiger partial charge in [-0.05, 0) is 18.4 Å². The van der Waals surface area contributed by atoms with E-state index < -0.39 is 0 Å². The van der Waals surface area contributed by atoms with Gasteiger partial charge in [-0.3, -0.25) is 9.69 Å². The van der Waals surface area contributed by atoms with E-state index in [1.54, 1.807) is 24.3 Å². The molecule has 0 radical (unpaired) electrons. The van der Waals surface area contributed by atoms with Crippen molar-refractivity contribution in [3.05, 3.63) is 50.3 Å². The number of aryl methyl sites for hydroxylation is 1. The topological polar surface area (TPSA) is 58.2 Å². The summed E-state index contributed by atoms with van der Waals surface area (Å²) in [6.45, 7) is 4.85. The van der Waals surface area contributed by atoms with Crippen molar-refractivity contribution in [1.82, 2.24) is 14.9 Å². The number of H-pyrrole nitrogens is 1. The normalized spacial score (nSPS) is 20.1. The summed E-state index contributed by atoms with van der Waals surface area (Å²) in [5.41, 5.74) is 0.691. The Balaban J connectivity index is 1.86. The van der Waals surface area contributed by atoms with E-state index >= 15 is 0 Å². The maximum Gasteiger partial charge on any atom is 0.251 e. The highest BCUT2D eigenvalue weighted by Crippen LogP contribution is 2.25. The fourth-order valence-electron chi connectivity index (χ4n) is 2.48. The summed E-state index contributed by atoms with van der Waals surface area (Å²) >= 11 is 1.75.